The van der Waals surface area contributed by atoms with Gasteiger partial charge in [0, 0.05) is 13.0 Å². The highest BCUT2D eigenvalue weighted by Crippen LogP contribution is 2.43. The van der Waals surface area contributed by atoms with Crippen LogP contribution in [0.1, 0.15) is 33.1 Å². The van der Waals surface area contributed by atoms with Gasteiger partial charge in [0.2, 0.25) is 0 Å². The predicted octanol–water partition coefficient (Wildman–Crippen LogP) is 1.10. The third-order valence-corrected chi connectivity index (χ3v) is 3.40. The van der Waals surface area contributed by atoms with Gasteiger partial charge in [-0.05, 0) is 26.7 Å². The molecule has 0 bridgehead atoms. The molecule has 2 aliphatic heterocycles. The maximum Gasteiger partial charge on any atom is 0.114 e. The molecule has 0 aromatic rings. The molecule has 0 aromatic carbocycles. The third-order valence-electron chi connectivity index (χ3n) is 3.40. The van der Waals surface area contributed by atoms with Crippen molar-refractivity contribution < 1.29 is 14.6 Å². The molecule has 0 unspecified atom stereocenters. The number of rotatable bonds is 0. The normalized spacial score (nSPS) is 51.5. The highest BCUT2D eigenvalue weighted by Gasteiger charge is 2.53. The van der Waals surface area contributed by atoms with Crippen molar-refractivity contribution in [1.82, 2.24) is 0 Å². The van der Waals surface area contributed by atoms with Crippen LogP contribution in [-0.2, 0) is 9.47 Å². The molecule has 2 fully saturated rings. The van der Waals surface area contributed by atoms with Crippen molar-refractivity contribution in [3.63, 3.8) is 0 Å². The molecule has 3 atom stereocenters. The molecule has 3 nitrogen and oxygen atoms in total. The Hall–Kier alpha value is -0.120. The zero-order chi connectivity index (χ0) is 9.53. The fourth-order valence-electron chi connectivity index (χ4n) is 2.43. The first-order valence-electron chi connectivity index (χ1n) is 5.04. The predicted molar refractivity (Wildman–Crippen MR) is 48.6 cm³/mol. The SMILES string of the molecule is C[C@@H]1CC[C@]2(CCOC[C@@]2(C)O)O1. The van der Waals surface area contributed by atoms with E-state index in [1.807, 2.05) is 6.92 Å². The fraction of sp³-hybridized carbons (Fsp3) is 1.00. The van der Waals surface area contributed by atoms with E-state index in [1.165, 1.54) is 0 Å². The van der Waals surface area contributed by atoms with Crippen molar-refractivity contribution in [2.24, 2.45) is 0 Å². The summed E-state index contributed by atoms with van der Waals surface area (Å²) in [6.45, 7) is 5.01. The van der Waals surface area contributed by atoms with E-state index in [9.17, 15) is 5.11 Å². The zero-order valence-electron chi connectivity index (χ0n) is 8.38. The summed E-state index contributed by atoms with van der Waals surface area (Å²) in [6.07, 6.45) is 3.12. The van der Waals surface area contributed by atoms with E-state index < -0.39 is 5.60 Å². The Balaban J connectivity index is 2.19. The summed E-state index contributed by atoms with van der Waals surface area (Å²) in [7, 11) is 0. The monoisotopic (exact) mass is 186 g/mol. The molecule has 0 saturated carbocycles. The summed E-state index contributed by atoms with van der Waals surface area (Å²) in [5, 5.41) is 10.2. The second kappa shape index (κ2) is 2.94. The van der Waals surface area contributed by atoms with E-state index in [2.05, 4.69) is 6.92 Å². The summed E-state index contributed by atoms with van der Waals surface area (Å²) >= 11 is 0. The van der Waals surface area contributed by atoms with Crippen molar-refractivity contribution >= 4 is 0 Å². The van der Waals surface area contributed by atoms with Gasteiger partial charge in [-0.15, -0.1) is 0 Å². The van der Waals surface area contributed by atoms with Crippen molar-refractivity contribution in [3.05, 3.63) is 0 Å². The summed E-state index contributed by atoms with van der Waals surface area (Å²) in [6, 6.07) is 0. The van der Waals surface area contributed by atoms with E-state index in [-0.39, 0.29) is 11.7 Å². The maximum absolute atomic E-state index is 10.2. The van der Waals surface area contributed by atoms with Crippen LogP contribution in [0.3, 0.4) is 0 Å². The minimum atomic E-state index is -0.810. The summed E-state index contributed by atoms with van der Waals surface area (Å²) < 4.78 is 11.2. The molecular formula is C10H18O3. The summed E-state index contributed by atoms with van der Waals surface area (Å²) in [5.41, 5.74) is -1.14. The van der Waals surface area contributed by atoms with E-state index >= 15 is 0 Å². The van der Waals surface area contributed by atoms with Gasteiger partial charge in [-0.3, -0.25) is 0 Å². The van der Waals surface area contributed by atoms with Gasteiger partial charge in [-0.2, -0.15) is 0 Å². The standard InChI is InChI=1S/C10H18O3/c1-8-3-4-10(13-8)5-6-12-7-9(10,2)11/h8,11H,3-7H2,1-2H3/t8-,9-,10-/m1/s1. The summed E-state index contributed by atoms with van der Waals surface area (Å²) in [4.78, 5) is 0. The molecule has 0 aromatic heterocycles. The minimum absolute atomic E-state index is 0.282. The topological polar surface area (TPSA) is 38.7 Å². The number of aliphatic hydroxyl groups is 1. The highest BCUT2D eigenvalue weighted by atomic mass is 16.6. The van der Waals surface area contributed by atoms with Crippen LogP contribution >= 0.6 is 0 Å². The highest BCUT2D eigenvalue weighted by molar-refractivity contribution is 5.04. The van der Waals surface area contributed by atoms with E-state index in [0.29, 0.717) is 13.2 Å². The van der Waals surface area contributed by atoms with E-state index in [0.717, 1.165) is 19.3 Å². The molecule has 2 aliphatic rings. The number of hydrogen-bond donors (Lipinski definition) is 1. The minimum Gasteiger partial charge on any atom is -0.385 e. The Bertz CT molecular complexity index is 198. The zero-order valence-corrected chi connectivity index (χ0v) is 8.38. The Morgan fingerprint density at radius 3 is 2.69 bits per heavy atom. The van der Waals surface area contributed by atoms with Crippen LogP contribution in [0, 0.1) is 0 Å². The third kappa shape index (κ3) is 1.39. The van der Waals surface area contributed by atoms with Gasteiger partial charge < -0.3 is 14.6 Å². The molecule has 2 saturated heterocycles. The number of ether oxygens (including phenoxy) is 2. The molecule has 1 spiro atoms. The lowest BCUT2D eigenvalue weighted by Crippen LogP contribution is -2.58. The van der Waals surface area contributed by atoms with Crippen molar-refractivity contribution in [2.45, 2.75) is 50.4 Å². The largest absolute Gasteiger partial charge is 0.385 e. The molecule has 0 radical (unpaired) electrons. The van der Waals surface area contributed by atoms with Crippen LogP contribution in [0.5, 0.6) is 0 Å². The van der Waals surface area contributed by atoms with Crippen molar-refractivity contribution in [1.29, 1.82) is 0 Å². The first-order valence-corrected chi connectivity index (χ1v) is 5.04. The van der Waals surface area contributed by atoms with Crippen LogP contribution in [0.25, 0.3) is 0 Å². The van der Waals surface area contributed by atoms with Gasteiger partial charge in [0.1, 0.15) is 11.2 Å². The van der Waals surface area contributed by atoms with Crippen molar-refractivity contribution in [2.75, 3.05) is 13.2 Å². The van der Waals surface area contributed by atoms with Crippen LogP contribution in [0.15, 0.2) is 0 Å². The lowest BCUT2D eigenvalue weighted by Gasteiger charge is -2.45. The van der Waals surface area contributed by atoms with Crippen molar-refractivity contribution in [3.8, 4) is 0 Å². The molecule has 0 aliphatic carbocycles. The molecular weight excluding hydrogens is 168 g/mol. The first kappa shape index (κ1) is 9.44. The van der Waals surface area contributed by atoms with E-state index in [4.69, 9.17) is 9.47 Å². The lowest BCUT2D eigenvalue weighted by atomic mass is 9.78. The van der Waals surface area contributed by atoms with Crippen LogP contribution in [0.4, 0.5) is 0 Å². The molecule has 13 heavy (non-hydrogen) atoms. The first-order chi connectivity index (χ1) is 6.06. The molecule has 2 rings (SSSR count). The smallest absolute Gasteiger partial charge is 0.114 e. The maximum atomic E-state index is 10.2. The molecule has 2 heterocycles. The Labute approximate surface area is 79.0 Å². The van der Waals surface area contributed by atoms with Gasteiger partial charge in [-0.1, -0.05) is 0 Å². The number of hydrogen-bond acceptors (Lipinski definition) is 3. The summed E-state index contributed by atoms with van der Waals surface area (Å²) in [5.74, 6) is 0. The van der Waals surface area contributed by atoms with Gasteiger partial charge >= 0.3 is 0 Å². The fourth-order valence-corrected chi connectivity index (χ4v) is 2.43. The average molecular weight is 186 g/mol. The van der Waals surface area contributed by atoms with Gasteiger partial charge in [-0.25, -0.2) is 0 Å². The average Bonchev–Trinajstić information content (AvgIpc) is 2.41. The van der Waals surface area contributed by atoms with Crippen LogP contribution in [0.2, 0.25) is 0 Å². The Kier molecular flexibility index (Phi) is 2.13. The van der Waals surface area contributed by atoms with Gasteiger partial charge in [0.05, 0.1) is 12.7 Å². The van der Waals surface area contributed by atoms with E-state index in [1.54, 1.807) is 0 Å². The molecule has 1 N–H and O–H groups in total. The molecule has 3 heteroatoms. The second-order valence-electron chi connectivity index (χ2n) is 4.54. The lowest BCUT2D eigenvalue weighted by molar-refractivity contribution is -0.223. The quantitative estimate of drug-likeness (QED) is 0.615. The van der Waals surface area contributed by atoms with Crippen LogP contribution in [-0.4, -0.2) is 35.6 Å². The second-order valence-corrected chi connectivity index (χ2v) is 4.54. The Morgan fingerprint density at radius 1 is 1.38 bits per heavy atom. The van der Waals surface area contributed by atoms with Gasteiger partial charge in [0.15, 0.2) is 0 Å². The van der Waals surface area contributed by atoms with Crippen LogP contribution < -0.4 is 0 Å². The molecule has 76 valence electrons. The molecule has 0 amide bonds. The van der Waals surface area contributed by atoms with Gasteiger partial charge in [0.25, 0.3) is 0 Å². The Morgan fingerprint density at radius 2 is 2.15 bits per heavy atom.